The van der Waals surface area contributed by atoms with Gasteiger partial charge >= 0.3 is 6.01 Å². The maximum absolute atomic E-state index is 12.5. The van der Waals surface area contributed by atoms with E-state index in [4.69, 9.17) is 26.3 Å². The number of likely N-dealkylation sites (tertiary alicyclic amines) is 1. The Labute approximate surface area is 245 Å². The number of alkyl halides is 1. The lowest BCUT2D eigenvalue weighted by Gasteiger charge is -2.38. The van der Waals surface area contributed by atoms with Crippen LogP contribution in [0, 0.1) is 5.92 Å². The predicted octanol–water partition coefficient (Wildman–Crippen LogP) is 4.35. The van der Waals surface area contributed by atoms with E-state index in [1.165, 1.54) is 12.2 Å². The summed E-state index contributed by atoms with van der Waals surface area (Å²) in [6, 6.07) is 12.7. The van der Waals surface area contributed by atoms with Crippen molar-refractivity contribution in [2.24, 2.45) is 5.92 Å². The van der Waals surface area contributed by atoms with Gasteiger partial charge in [-0.15, -0.1) is 0 Å². The molecule has 2 saturated heterocycles. The summed E-state index contributed by atoms with van der Waals surface area (Å²) in [7, 11) is 2.14. The van der Waals surface area contributed by atoms with Crippen molar-refractivity contribution in [2.45, 2.75) is 19.4 Å². The van der Waals surface area contributed by atoms with Gasteiger partial charge in [0, 0.05) is 67.9 Å². The number of benzene rings is 2. The van der Waals surface area contributed by atoms with Crippen LogP contribution in [0.25, 0.3) is 10.8 Å². The average molecular weight is 579 g/mol. The Morgan fingerprint density at radius 3 is 2.63 bits per heavy atom. The second kappa shape index (κ2) is 12.2. The summed E-state index contributed by atoms with van der Waals surface area (Å²) in [5, 5.41) is 2.91. The van der Waals surface area contributed by atoms with Crippen LogP contribution in [-0.2, 0) is 17.8 Å². The first-order valence-electron chi connectivity index (χ1n) is 14.4. The molecule has 1 amide bonds. The van der Waals surface area contributed by atoms with Gasteiger partial charge in [-0.1, -0.05) is 35.9 Å². The third-order valence-corrected chi connectivity index (χ3v) is 8.69. The Morgan fingerprint density at radius 1 is 1.07 bits per heavy atom. The normalized spacial score (nSPS) is 19.8. The lowest BCUT2D eigenvalue weighted by atomic mass is 10.0. The second-order valence-electron chi connectivity index (χ2n) is 11.1. The van der Waals surface area contributed by atoms with E-state index in [0.717, 1.165) is 71.0 Å². The molecule has 10 heteroatoms. The number of amides is 1. The number of halogens is 2. The van der Waals surface area contributed by atoms with Gasteiger partial charge in [0.25, 0.3) is 0 Å². The molecule has 0 bridgehead atoms. The highest BCUT2D eigenvalue weighted by atomic mass is 35.5. The highest BCUT2D eigenvalue weighted by Gasteiger charge is 2.29. The van der Waals surface area contributed by atoms with Crippen LogP contribution in [0.3, 0.4) is 0 Å². The molecule has 3 aliphatic heterocycles. The fourth-order valence-electron chi connectivity index (χ4n) is 6.20. The number of hydrogen-bond acceptors (Lipinski definition) is 7. The second-order valence-corrected chi connectivity index (χ2v) is 11.5. The summed E-state index contributed by atoms with van der Waals surface area (Å²) in [5.41, 5.74) is 3.20. The molecular weight excluding hydrogens is 543 g/mol. The summed E-state index contributed by atoms with van der Waals surface area (Å²) in [4.78, 5) is 31.0. The van der Waals surface area contributed by atoms with Gasteiger partial charge in [-0.3, -0.25) is 4.79 Å². The Bertz CT molecular complexity index is 1440. The summed E-state index contributed by atoms with van der Waals surface area (Å²) < 4.78 is 18.8. The third kappa shape index (κ3) is 5.97. The number of rotatable bonds is 7. The Hall–Kier alpha value is -3.43. The molecule has 2 fully saturated rings. The topological polar surface area (TPSA) is 65.0 Å². The van der Waals surface area contributed by atoms with Crippen LogP contribution in [0.1, 0.15) is 17.7 Å². The van der Waals surface area contributed by atoms with E-state index in [-0.39, 0.29) is 5.91 Å². The molecule has 3 aromatic rings. The van der Waals surface area contributed by atoms with Crippen LogP contribution in [0.2, 0.25) is 5.02 Å². The standard InChI is InChI=1S/C31H36ClFN6O2/c1-36-13-10-22(19-36)21-41-31-34-26-20-39(27-8-3-6-23-5-2-7-25(32)29(23)27)14-11-24(26)30(35-31)38-17-15-37(16-18-38)28(40)9-4-12-33/h2-9,22H,10-21H2,1H3/b9-4+/t22-/m1/s1. The van der Waals surface area contributed by atoms with Crippen LogP contribution >= 0.6 is 11.6 Å². The summed E-state index contributed by atoms with van der Waals surface area (Å²) in [5.74, 6) is 1.21. The molecule has 0 spiro atoms. The zero-order valence-electron chi connectivity index (χ0n) is 23.4. The van der Waals surface area contributed by atoms with Crippen molar-refractivity contribution in [3.05, 3.63) is 64.8 Å². The van der Waals surface area contributed by atoms with Gasteiger partial charge in [0.1, 0.15) is 12.5 Å². The zero-order chi connectivity index (χ0) is 28.3. The molecule has 8 nitrogen and oxygen atoms in total. The smallest absolute Gasteiger partial charge is 0.318 e. The van der Waals surface area contributed by atoms with Crippen molar-refractivity contribution < 1.29 is 13.9 Å². The SMILES string of the molecule is CN1CC[C@@H](COc2nc3c(c(N4CCN(C(=O)/C=C/CF)CC4)n2)CCN(c2cccc4cccc(Cl)c24)C3)C1. The number of fused-ring (bicyclic) bond motifs is 2. The first-order valence-corrected chi connectivity index (χ1v) is 14.8. The monoisotopic (exact) mass is 578 g/mol. The first kappa shape index (κ1) is 27.7. The molecule has 0 unspecified atom stereocenters. The van der Waals surface area contributed by atoms with Crippen molar-refractivity contribution in [3.63, 3.8) is 0 Å². The predicted molar refractivity (Wildman–Crippen MR) is 161 cm³/mol. The van der Waals surface area contributed by atoms with Crippen LogP contribution in [-0.4, -0.2) is 91.8 Å². The van der Waals surface area contributed by atoms with Gasteiger partial charge < -0.3 is 24.3 Å². The first-order chi connectivity index (χ1) is 20.0. The molecule has 1 aromatic heterocycles. The number of anilines is 2. The fourth-order valence-corrected chi connectivity index (χ4v) is 6.48. The molecule has 0 N–H and O–H groups in total. The molecule has 0 radical (unpaired) electrons. The van der Waals surface area contributed by atoms with Crippen molar-refractivity contribution in [2.75, 3.05) is 75.9 Å². The van der Waals surface area contributed by atoms with E-state index in [9.17, 15) is 9.18 Å². The van der Waals surface area contributed by atoms with Crippen molar-refractivity contribution >= 4 is 39.8 Å². The molecule has 0 aliphatic carbocycles. The minimum atomic E-state index is -0.638. The number of ether oxygens (including phenoxy) is 1. The molecule has 216 valence electrons. The molecule has 1 atom stereocenters. The maximum atomic E-state index is 12.5. The van der Waals surface area contributed by atoms with Gasteiger partial charge in [-0.25, -0.2) is 4.39 Å². The average Bonchev–Trinajstić information content (AvgIpc) is 3.43. The van der Waals surface area contributed by atoms with Gasteiger partial charge in [-0.05, 0) is 50.0 Å². The summed E-state index contributed by atoms with van der Waals surface area (Å²) in [6.07, 6.45) is 4.48. The van der Waals surface area contributed by atoms with Gasteiger partial charge in [-0.2, -0.15) is 9.97 Å². The van der Waals surface area contributed by atoms with E-state index in [1.807, 2.05) is 12.1 Å². The summed E-state index contributed by atoms with van der Waals surface area (Å²) in [6.45, 7) is 5.89. The number of aromatic nitrogens is 2. The fraction of sp³-hybridized carbons (Fsp3) is 0.452. The zero-order valence-corrected chi connectivity index (χ0v) is 24.2. The Balaban J connectivity index is 1.28. The number of carbonyl (C=O) groups is 1. The Kier molecular flexibility index (Phi) is 8.25. The van der Waals surface area contributed by atoms with Crippen LogP contribution < -0.4 is 14.5 Å². The number of allylic oxidation sites excluding steroid dienone is 1. The van der Waals surface area contributed by atoms with Gasteiger partial charge in [0.15, 0.2) is 0 Å². The molecular formula is C31H36ClFN6O2. The molecule has 2 aromatic carbocycles. The van der Waals surface area contributed by atoms with E-state index in [0.29, 0.717) is 51.3 Å². The van der Waals surface area contributed by atoms with E-state index in [1.54, 1.807) is 4.90 Å². The van der Waals surface area contributed by atoms with Gasteiger partial charge in [0.2, 0.25) is 5.91 Å². The highest BCUT2D eigenvalue weighted by molar-refractivity contribution is 6.36. The van der Waals surface area contributed by atoms with E-state index in [2.05, 4.69) is 46.0 Å². The molecule has 6 rings (SSSR count). The van der Waals surface area contributed by atoms with Crippen molar-refractivity contribution in [1.82, 2.24) is 19.8 Å². The van der Waals surface area contributed by atoms with Gasteiger partial charge in [0.05, 0.1) is 23.9 Å². The number of nitrogens with zero attached hydrogens (tertiary/aromatic N) is 6. The third-order valence-electron chi connectivity index (χ3n) is 8.37. The minimum Gasteiger partial charge on any atom is -0.463 e. The lowest BCUT2D eigenvalue weighted by Crippen LogP contribution is -2.49. The van der Waals surface area contributed by atoms with Crippen LogP contribution in [0.15, 0.2) is 48.6 Å². The molecule has 0 saturated carbocycles. The van der Waals surface area contributed by atoms with E-state index < -0.39 is 6.67 Å². The van der Waals surface area contributed by atoms with Crippen molar-refractivity contribution in [1.29, 1.82) is 0 Å². The largest absolute Gasteiger partial charge is 0.463 e. The number of carbonyl (C=O) groups excluding carboxylic acids is 1. The highest BCUT2D eigenvalue weighted by Crippen LogP contribution is 2.37. The maximum Gasteiger partial charge on any atom is 0.318 e. The minimum absolute atomic E-state index is 0.151. The van der Waals surface area contributed by atoms with E-state index >= 15 is 0 Å². The quantitative estimate of drug-likeness (QED) is 0.386. The van der Waals surface area contributed by atoms with Crippen LogP contribution in [0.5, 0.6) is 6.01 Å². The number of hydrogen-bond donors (Lipinski definition) is 0. The summed E-state index contributed by atoms with van der Waals surface area (Å²) >= 11 is 6.68. The van der Waals surface area contributed by atoms with Crippen molar-refractivity contribution in [3.8, 4) is 6.01 Å². The number of piperazine rings is 1. The lowest BCUT2D eigenvalue weighted by molar-refractivity contribution is -0.126. The molecule has 4 heterocycles. The Morgan fingerprint density at radius 2 is 1.88 bits per heavy atom. The molecule has 3 aliphatic rings. The van der Waals surface area contributed by atoms with Crippen LogP contribution in [0.4, 0.5) is 15.9 Å². The molecule has 41 heavy (non-hydrogen) atoms.